The number of ether oxygens (including phenoxy) is 1. The van der Waals surface area contributed by atoms with Gasteiger partial charge in [0, 0.05) is 13.3 Å². The third-order valence-corrected chi connectivity index (χ3v) is 3.27. The highest BCUT2D eigenvalue weighted by Gasteiger charge is 2.44. The van der Waals surface area contributed by atoms with E-state index in [-0.39, 0.29) is 5.91 Å². The Morgan fingerprint density at radius 3 is 3.06 bits per heavy atom. The minimum Gasteiger partial charge on any atom is -0.383 e. The Balaban J connectivity index is 1.95. The molecule has 0 bridgehead atoms. The second-order valence-corrected chi connectivity index (χ2v) is 4.49. The van der Waals surface area contributed by atoms with E-state index in [1.54, 1.807) is 24.2 Å². The first-order valence-electron chi connectivity index (χ1n) is 5.94. The lowest BCUT2D eigenvalue weighted by atomic mass is 9.69. The van der Waals surface area contributed by atoms with Crippen LogP contribution >= 0.6 is 0 Å². The molecule has 0 aromatic carbocycles. The molecule has 1 aromatic heterocycles. The molecule has 0 spiro atoms. The topological polar surface area (TPSA) is 79.9 Å². The van der Waals surface area contributed by atoms with Crippen molar-refractivity contribution in [3.63, 3.8) is 0 Å². The van der Waals surface area contributed by atoms with E-state index in [1.807, 2.05) is 0 Å². The maximum Gasteiger partial charge on any atom is 0.244 e. The first-order chi connectivity index (χ1) is 8.70. The summed E-state index contributed by atoms with van der Waals surface area (Å²) >= 11 is 0. The van der Waals surface area contributed by atoms with Crippen LogP contribution in [0.1, 0.15) is 19.3 Å². The van der Waals surface area contributed by atoms with Gasteiger partial charge in [-0.2, -0.15) is 10.4 Å². The van der Waals surface area contributed by atoms with Crippen LogP contribution in [0.25, 0.3) is 0 Å². The molecule has 1 heterocycles. The van der Waals surface area contributed by atoms with Gasteiger partial charge in [0.1, 0.15) is 5.41 Å². The van der Waals surface area contributed by atoms with Crippen LogP contribution in [0.4, 0.5) is 5.69 Å². The van der Waals surface area contributed by atoms with Gasteiger partial charge in [-0.3, -0.25) is 9.48 Å². The van der Waals surface area contributed by atoms with Crippen LogP contribution in [0.5, 0.6) is 0 Å². The number of carbonyl (C=O) groups excluding carboxylic acids is 1. The first-order valence-corrected chi connectivity index (χ1v) is 5.94. The molecule has 6 nitrogen and oxygen atoms in total. The second-order valence-electron chi connectivity index (χ2n) is 4.49. The Kier molecular flexibility index (Phi) is 3.63. The monoisotopic (exact) mass is 248 g/mol. The van der Waals surface area contributed by atoms with Crippen LogP contribution < -0.4 is 5.32 Å². The molecule has 0 radical (unpaired) electrons. The van der Waals surface area contributed by atoms with Gasteiger partial charge in [0.05, 0.1) is 31.1 Å². The number of amides is 1. The van der Waals surface area contributed by atoms with Crippen molar-refractivity contribution in [1.82, 2.24) is 9.78 Å². The van der Waals surface area contributed by atoms with Gasteiger partial charge in [-0.05, 0) is 19.3 Å². The van der Waals surface area contributed by atoms with E-state index >= 15 is 0 Å². The number of hydrogen-bond acceptors (Lipinski definition) is 4. The summed E-state index contributed by atoms with van der Waals surface area (Å²) in [4.78, 5) is 12.0. The molecular formula is C12H16N4O2. The lowest BCUT2D eigenvalue weighted by Crippen LogP contribution is -2.40. The Morgan fingerprint density at radius 1 is 1.72 bits per heavy atom. The smallest absolute Gasteiger partial charge is 0.244 e. The number of methoxy groups -OCH3 is 1. The van der Waals surface area contributed by atoms with Gasteiger partial charge in [-0.15, -0.1) is 0 Å². The molecule has 1 amide bonds. The van der Waals surface area contributed by atoms with Crippen LogP contribution in [0, 0.1) is 16.7 Å². The molecule has 6 heteroatoms. The number of anilines is 1. The van der Waals surface area contributed by atoms with Crippen molar-refractivity contribution in [3.05, 3.63) is 12.4 Å². The summed E-state index contributed by atoms with van der Waals surface area (Å²) in [6.07, 6.45) is 5.55. The quantitative estimate of drug-likeness (QED) is 0.848. The fourth-order valence-corrected chi connectivity index (χ4v) is 1.91. The van der Waals surface area contributed by atoms with E-state index < -0.39 is 5.41 Å². The summed E-state index contributed by atoms with van der Waals surface area (Å²) in [5.74, 6) is -0.220. The van der Waals surface area contributed by atoms with Crippen LogP contribution in [-0.4, -0.2) is 29.4 Å². The summed E-state index contributed by atoms with van der Waals surface area (Å²) in [5, 5.41) is 15.9. The molecule has 1 saturated carbocycles. The third-order valence-electron chi connectivity index (χ3n) is 3.27. The molecule has 1 aliphatic rings. The first kappa shape index (κ1) is 12.6. The van der Waals surface area contributed by atoms with E-state index in [0.29, 0.717) is 31.7 Å². The van der Waals surface area contributed by atoms with Crippen LogP contribution in [0.15, 0.2) is 12.4 Å². The van der Waals surface area contributed by atoms with Gasteiger partial charge in [0.25, 0.3) is 0 Å². The number of aromatic nitrogens is 2. The van der Waals surface area contributed by atoms with Crippen molar-refractivity contribution < 1.29 is 9.53 Å². The maximum absolute atomic E-state index is 12.0. The van der Waals surface area contributed by atoms with Crippen LogP contribution in [-0.2, 0) is 16.1 Å². The van der Waals surface area contributed by atoms with Crippen molar-refractivity contribution in [2.45, 2.75) is 25.8 Å². The molecule has 0 saturated heterocycles. The second kappa shape index (κ2) is 5.19. The van der Waals surface area contributed by atoms with Crippen LogP contribution in [0.3, 0.4) is 0 Å². The molecular weight excluding hydrogens is 232 g/mol. The number of carbonyl (C=O) groups is 1. The van der Waals surface area contributed by atoms with Crippen molar-refractivity contribution in [3.8, 4) is 6.07 Å². The molecule has 0 atom stereocenters. The Morgan fingerprint density at radius 2 is 2.50 bits per heavy atom. The standard InChI is InChI=1S/C12H16N4O2/c1-18-6-5-16-8-10(7-14-16)15-11(17)12(9-13)3-2-4-12/h7-8H,2-6H2,1H3,(H,15,17). The lowest BCUT2D eigenvalue weighted by molar-refractivity contribution is -0.126. The summed E-state index contributed by atoms with van der Waals surface area (Å²) in [5.41, 5.74) is -0.202. The third kappa shape index (κ3) is 2.36. The van der Waals surface area contributed by atoms with Gasteiger partial charge in [0.2, 0.25) is 5.91 Å². The van der Waals surface area contributed by atoms with E-state index in [4.69, 9.17) is 10.00 Å². The van der Waals surface area contributed by atoms with Gasteiger partial charge in [-0.25, -0.2) is 0 Å². The number of nitrogens with zero attached hydrogens (tertiary/aromatic N) is 3. The van der Waals surface area contributed by atoms with E-state index in [9.17, 15) is 4.79 Å². The van der Waals surface area contributed by atoms with Gasteiger partial charge >= 0.3 is 0 Å². The van der Waals surface area contributed by atoms with Gasteiger partial charge < -0.3 is 10.1 Å². The van der Waals surface area contributed by atoms with E-state index in [2.05, 4.69) is 16.5 Å². The van der Waals surface area contributed by atoms with Crippen LogP contribution in [0.2, 0.25) is 0 Å². The summed E-state index contributed by atoms with van der Waals surface area (Å²) in [7, 11) is 1.62. The molecule has 18 heavy (non-hydrogen) atoms. The molecule has 96 valence electrons. The normalized spacial score (nSPS) is 16.7. The van der Waals surface area contributed by atoms with Crippen molar-refractivity contribution in [2.75, 3.05) is 19.0 Å². The van der Waals surface area contributed by atoms with Gasteiger partial charge in [0.15, 0.2) is 0 Å². The predicted octanol–water partition coefficient (Wildman–Crippen LogP) is 1.16. The number of hydrogen-bond donors (Lipinski definition) is 1. The largest absolute Gasteiger partial charge is 0.383 e. The lowest BCUT2D eigenvalue weighted by Gasteiger charge is -2.33. The summed E-state index contributed by atoms with van der Waals surface area (Å²) in [6.45, 7) is 1.20. The van der Waals surface area contributed by atoms with Crippen molar-refractivity contribution in [1.29, 1.82) is 5.26 Å². The van der Waals surface area contributed by atoms with Crippen molar-refractivity contribution >= 4 is 11.6 Å². The zero-order valence-corrected chi connectivity index (χ0v) is 10.3. The molecule has 0 unspecified atom stereocenters. The molecule has 1 aliphatic carbocycles. The minimum absolute atomic E-state index is 0.220. The molecule has 1 N–H and O–H groups in total. The predicted molar refractivity (Wildman–Crippen MR) is 64.6 cm³/mol. The molecule has 2 rings (SSSR count). The fourth-order valence-electron chi connectivity index (χ4n) is 1.91. The highest BCUT2D eigenvalue weighted by Crippen LogP contribution is 2.41. The SMILES string of the molecule is COCCn1cc(NC(=O)C2(C#N)CCC2)cn1. The Hall–Kier alpha value is -1.87. The summed E-state index contributed by atoms with van der Waals surface area (Å²) < 4.78 is 6.64. The molecule has 0 aliphatic heterocycles. The average Bonchev–Trinajstić information content (AvgIpc) is 2.73. The van der Waals surface area contributed by atoms with E-state index in [1.165, 1.54) is 0 Å². The average molecular weight is 248 g/mol. The highest BCUT2D eigenvalue weighted by atomic mass is 16.5. The number of rotatable bonds is 5. The Bertz CT molecular complexity index is 471. The fraction of sp³-hybridized carbons (Fsp3) is 0.583. The number of nitrogens with one attached hydrogen (secondary N) is 1. The molecule has 1 fully saturated rings. The summed E-state index contributed by atoms with van der Waals surface area (Å²) in [6, 6.07) is 2.12. The zero-order valence-electron chi connectivity index (χ0n) is 10.3. The Labute approximate surface area is 106 Å². The zero-order chi connectivity index (χ0) is 13.0. The highest BCUT2D eigenvalue weighted by molar-refractivity contribution is 5.97. The maximum atomic E-state index is 12.0. The molecule has 1 aromatic rings. The van der Waals surface area contributed by atoms with Crippen molar-refractivity contribution in [2.24, 2.45) is 5.41 Å². The minimum atomic E-state index is -0.825. The van der Waals surface area contributed by atoms with E-state index in [0.717, 1.165) is 6.42 Å². The van der Waals surface area contributed by atoms with Gasteiger partial charge in [-0.1, -0.05) is 0 Å². The number of nitriles is 1.